The molecule has 1 amide bonds. The number of amides is 1. The van der Waals surface area contributed by atoms with Crippen LogP contribution in [0.2, 0.25) is 0 Å². The van der Waals surface area contributed by atoms with Gasteiger partial charge in [0, 0.05) is 31.8 Å². The van der Waals surface area contributed by atoms with Gasteiger partial charge in [0.25, 0.3) is 0 Å². The second kappa shape index (κ2) is 7.09. The number of aromatic nitrogens is 1. The molecular formula is C14H20N2O3. The summed E-state index contributed by atoms with van der Waals surface area (Å²) in [5, 5.41) is 2.89. The summed E-state index contributed by atoms with van der Waals surface area (Å²) in [4.78, 5) is 15.8. The summed E-state index contributed by atoms with van der Waals surface area (Å²) in [6.07, 6.45) is 5.51. The van der Waals surface area contributed by atoms with Crippen LogP contribution in [0, 0.1) is 0 Å². The van der Waals surface area contributed by atoms with Gasteiger partial charge < -0.3 is 14.8 Å². The molecule has 2 rings (SSSR count). The molecule has 2 heterocycles. The Morgan fingerprint density at radius 3 is 3.11 bits per heavy atom. The Morgan fingerprint density at radius 1 is 1.58 bits per heavy atom. The lowest BCUT2D eigenvalue weighted by atomic mass is 10.1. The Morgan fingerprint density at radius 2 is 2.47 bits per heavy atom. The van der Waals surface area contributed by atoms with Gasteiger partial charge in [0.05, 0.1) is 13.2 Å². The van der Waals surface area contributed by atoms with E-state index in [1.54, 1.807) is 19.4 Å². The quantitative estimate of drug-likeness (QED) is 0.849. The maximum absolute atomic E-state index is 11.7. The van der Waals surface area contributed by atoms with Crippen molar-refractivity contribution in [1.82, 2.24) is 10.3 Å². The van der Waals surface area contributed by atoms with Crippen molar-refractivity contribution < 1.29 is 14.3 Å². The lowest BCUT2D eigenvalue weighted by Crippen LogP contribution is -2.23. The van der Waals surface area contributed by atoms with Crippen LogP contribution in [0.25, 0.3) is 0 Å². The molecule has 5 heteroatoms. The van der Waals surface area contributed by atoms with Gasteiger partial charge in [0.1, 0.15) is 0 Å². The minimum Gasteiger partial charge on any atom is -0.481 e. The summed E-state index contributed by atoms with van der Waals surface area (Å²) >= 11 is 0. The van der Waals surface area contributed by atoms with E-state index in [1.165, 1.54) is 0 Å². The average Bonchev–Trinajstić information content (AvgIpc) is 2.96. The van der Waals surface area contributed by atoms with Gasteiger partial charge in [0.15, 0.2) is 0 Å². The van der Waals surface area contributed by atoms with E-state index in [0.717, 1.165) is 31.4 Å². The number of ether oxygens (including phenoxy) is 2. The Labute approximate surface area is 113 Å². The van der Waals surface area contributed by atoms with E-state index in [2.05, 4.69) is 10.3 Å². The highest BCUT2D eigenvalue weighted by Crippen LogP contribution is 2.16. The normalized spacial score (nSPS) is 18.3. The lowest BCUT2D eigenvalue weighted by Gasteiger charge is -2.09. The van der Waals surface area contributed by atoms with E-state index in [9.17, 15) is 4.79 Å². The third-order valence-corrected chi connectivity index (χ3v) is 3.21. The van der Waals surface area contributed by atoms with Crippen molar-refractivity contribution in [3.8, 4) is 5.88 Å². The van der Waals surface area contributed by atoms with Crippen molar-refractivity contribution in [3.63, 3.8) is 0 Å². The van der Waals surface area contributed by atoms with Crippen molar-refractivity contribution in [2.45, 2.75) is 38.3 Å². The zero-order valence-corrected chi connectivity index (χ0v) is 11.2. The smallest absolute Gasteiger partial charge is 0.220 e. The Balaban J connectivity index is 1.67. The SMILES string of the molecule is COc1ccc(CNC(=O)CC[C@H]2CCCO2)cn1. The highest BCUT2D eigenvalue weighted by atomic mass is 16.5. The van der Waals surface area contributed by atoms with Crippen LogP contribution in [0.5, 0.6) is 5.88 Å². The Hall–Kier alpha value is -1.62. The van der Waals surface area contributed by atoms with Gasteiger partial charge in [-0.25, -0.2) is 4.98 Å². The Bertz CT molecular complexity index is 400. The summed E-state index contributed by atoms with van der Waals surface area (Å²) in [6, 6.07) is 3.68. The number of hydrogen-bond acceptors (Lipinski definition) is 4. The molecule has 104 valence electrons. The number of pyridine rings is 1. The summed E-state index contributed by atoms with van der Waals surface area (Å²) in [5.74, 6) is 0.639. The molecule has 1 saturated heterocycles. The van der Waals surface area contributed by atoms with Crippen molar-refractivity contribution >= 4 is 5.91 Å². The first-order valence-electron chi connectivity index (χ1n) is 6.65. The molecule has 0 aliphatic carbocycles. The molecule has 0 saturated carbocycles. The molecule has 1 aliphatic rings. The van der Waals surface area contributed by atoms with Crippen molar-refractivity contribution in [3.05, 3.63) is 23.9 Å². The number of hydrogen-bond donors (Lipinski definition) is 1. The van der Waals surface area contributed by atoms with Gasteiger partial charge in [-0.1, -0.05) is 6.07 Å². The van der Waals surface area contributed by atoms with E-state index < -0.39 is 0 Å². The minimum absolute atomic E-state index is 0.0614. The lowest BCUT2D eigenvalue weighted by molar-refractivity contribution is -0.121. The number of carbonyl (C=O) groups is 1. The average molecular weight is 264 g/mol. The van der Waals surface area contributed by atoms with Crippen LogP contribution in [-0.2, 0) is 16.1 Å². The van der Waals surface area contributed by atoms with Crippen LogP contribution in [0.4, 0.5) is 0 Å². The van der Waals surface area contributed by atoms with Crippen LogP contribution in [-0.4, -0.2) is 30.7 Å². The minimum atomic E-state index is 0.0614. The molecule has 1 fully saturated rings. The molecule has 1 aliphatic heterocycles. The molecule has 1 atom stereocenters. The summed E-state index contributed by atoms with van der Waals surface area (Å²) < 4.78 is 10.5. The number of rotatable bonds is 6. The highest BCUT2D eigenvalue weighted by molar-refractivity contribution is 5.75. The Kier molecular flexibility index (Phi) is 5.15. The maximum atomic E-state index is 11.7. The van der Waals surface area contributed by atoms with Gasteiger partial charge in [-0.3, -0.25) is 4.79 Å². The zero-order valence-electron chi connectivity index (χ0n) is 11.2. The van der Waals surface area contributed by atoms with Crippen LogP contribution in [0.1, 0.15) is 31.2 Å². The summed E-state index contributed by atoms with van der Waals surface area (Å²) in [7, 11) is 1.58. The molecule has 1 aromatic heterocycles. The first-order valence-corrected chi connectivity index (χ1v) is 6.65. The number of nitrogens with one attached hydrogen (secondary N) is 1. The highest BCUT2D eigenvalue weighted by Gasteiger charge is 2.16. The molecule has 0 aromatic carbocycles. The molecule has 1 aromatic rings. The fraction of sp³-hybridized carbons (Fsp3) is 0.571. The van der Waals surface area contributed by atoms with Gasteiger partial charge in [-0.05, 0) is 24.8 Å². The van der Waals surface area contributed by atoms with E-state index in [0.29, 0.717) is 18.8 Å². The van der Waals surface area contributed by atoms with Crippen LogP contribution < -0.4 is 10.1 Å². The number of carbonyl (C=O) groups excluding carboxylic acids is 1. The third-order valence-electron chi connectivity index (χ3n) is 3.21. The van der Waals surface area contributed by atoms with Crippen molar-refractivity contribution in [2.75, 3.05) is 13.7 Å². The molecule has 0 spiro atoms. The van der Waals surface area contributed by atoms with E-state index >= 15 is 0 Å². The topological polar surface area (TPSA) is 60.5 Å². The largest absolute Gasteiger partial charge is 0.481 e. The van der Waals surface area contributed by atoms with E-state index in [-0.39, 0.29) is 12.0 Å². The fourth-order valence-corrected chi connectivity index (χ4v) is 2.09. The van der Waals surface area contributed by atoms with Gasteiger partial charge >= 0.3 is 0 Å². The molecule has 0 unspecified atom stereocenters. The number of nitrogens with zero attached hydrogens (tertiary/aromatic N) is 1. The molecule has 19 heavy (non-hydrogen) atoms. The van der Waals surface area contributed by atoms with Crippen LogP contribution in [0.3, 0.4) is 0 Å². The standard InChI is InChI=1S/C14H20N2O3/c1-18-14-7-4-11(10-16-14)9-15-13(17)6-5-12-3-2-8-19-12/h4,7,10,12H,2-3,5-6,8-9H2,1H3,(H,15,17)/t12-/m1/s1. The van der Waals surface area contributed by atoms with Crippen molar-refractivity contribution in [1.29, 1.82) is 0 Å². The molecular weight excluding hydrogens is 244 g/mol. The molecule has 1 N–H and O–H groups in total. The molecule has 5 nitrogen and oxygen atoms in total. The second-order valence-electron chi connectivity index (χ2n) is 4.66. The fourth-order valence-electron chi connectivity index (χ4n) is 2.09. The predicted molar refractivity (Wildman–Crippen MR) is 70.8 cm³/mol. The number of methoxy groups -OCH3 is 1. The van der Waals surface area contributed by atoms with Crippen molar-refractivity contribution in [2.24, 2.45) is 0 Å². The third kappa shape index (κ3) is 4.52. The van der Waals surface area contributed by atoms with Gasteiger partial charge in [-0.2, -0.15) is 0 Å². The maximum Gasteiger partial charge on any atom is 0.220 e. The first-order chi connectivity index (χ1) is 9.28. The van der Waals surface area contributed by atoms with Gasteiger partial charge in [-0.15, -0.1) is 0 Å². The van der Waals surface area contributed by atoms with E-state index in [1.807, 2.05) is 6.07 Å². The monoisotopic (exact) mass is 264 g/mol. The summed E-state index contributed by atoms with van der Waals surface area (Å²) in [6.45, 7) is 1.34. The second-order valence-corrected chi connectivity index (χ2v) is 4.66. The van der Waals surface area contributed by atoms with Crippen LogP contribution >= 0.6 is 0 Å². The summed E-state index contributed by atoms with van der Waals surface area (Å²) in [5.41, 5.74) is 0.964. The predicted octanol–water partition coefficient (Wildman–Crippen LogP) is 1.67. The van der Waals surface area contributed by atoms with Gasteiger partial charge in [0.2, 0.25) is 11.8 Å². The first kappa shape index (κ1) is 13.8. The van der Waals surface area contributed by atoms with Crippen LogP contribution in [0.15, 0.2) is 18.3 Å². The zero-order chi connectivity index (χ0) is 13.5. The molecule has 0 bridgehead atoms. The van der Waals surface area contributed by atoms with E-state index in [4.69, 9.17) is 9.47 Å². The molecule has 0 radical (unpaired) electrons.